The zero-order valence-corrected chi connectivity index (χ0v) is 16.9. The van der Waals surface area contributed by atoms with Crippen LogP contribution in [0, 0.1) is 11.8 Å². The van der Waals surface area contributed by atoms with Crippen LogP contribution in [0.1, 0.15) is 58.6 Å². The van der Waals surface area contributed by atoms with E-state index in [2.05, 4.69) is 20.8 Å². The molecule has 2 amide bonds. The van der Waals surface area contributed by atoms with Gasteiger partial charge in [0, 0.05) is 37.9 Å². The van der Waals surface area contributed by atoms with E-state index in [1.54, 1.807) is 4.90 Å². The molecule has 1 saturated carbocycles. The minimum absolute atomic E-state index is 0.0553. The average Bonchev–Trinajstić information content (AvgIpc) is 3.25. The number of hydrogen-bond acceptors (Lipinski definition) is 2. The smallest absolute Gasteiger partial charge is 0.242 e. The van der Waals surface area contributed by atoms with Crippen LogP contribution in [0.15, 0.2) is 18.3 Å². The molecular weight excluding hydrogens is 326 g/mol. The van der Waals surface area contributed by atoms with Crippen LogP contribution >= 0.6 is 0 Å². The molecule has 1 fully saturated rings. The van der Waals surface area contributed by atoms with Crippen LogP contribution in [0.25, 0.3) is 0 Å². The normalized spacial score (nSPS) is 14.8. The van der Waals surface area contributed by atoms with Crippen molar-refractivity contribution in [1.29, 1.82) is 0 Å². The van der Waals surface area contributed by atoms with Gasteiger partial charge in [-0.15, -0.1) is 0 Å². The predicted octanol–water partition coefficient (Wildman–Crippen LogP) is 3.44. The number of nitrogens with zero attached hydrogens (tertiary/aromatic N) is 3. The van der Waals surface area contributed by atoms with E-state index in [0.717, 1.165) is 37.8 Å². The standard InChI is InChI=1S/C21H35N3O2/c1-5-12-23(21(26)18-9-6-7-10-18)16-20(25)24(14-17(2)3)15-19-11-8-13-22(19)4/h8,11,13,17-18H,5-7,9-10,12,14-16H2,1-4H3. The summed E-state index contributed by atoms with van der Waals surface area (Å²) in [4.78, 5) is 29.6. The number of carbonyl (C=O) groups is 2. The predicted molar refractivity (Wildman–Crippen MR) is 104 cm³/mol. The molecule has 0 radical (unpaired) electrons. The highest BCUT2D eigenvalue weighted by Crippen LogP contribution is 2.26. The third kappa shape index (κ3) is 5.61. The van der Waals surface area contributed by atoms with E-state index in [9.17, 15) is 9.59 Å². The molecular formula is C21H35N3O2. The lowest BCUT2D eigenvalue weighted by molar-refractivity contribution is -0.143. The number of rotatable bonds is 9. The van der Waals surface area contributed by atoms with Crippen molar-refractivity contribution in [3.8, 4) is 0 Å². The topological polar surface area (TPSA) is 45.6 Å². The Bertz CT molecular complexity index is 588. The highest BCUT2D eigenvalue weighted by atomic mass is 16.2. The number of hydrogen-bond donors (Lipinski definition) is 0. The number of aryl methyl sites for hydroxylation is 1. The van der Waals surface area contributed by atoms with Crippen molar-refractivity contribution in [2.24, 2.45) is 18.9 Å². The van der Waals surface area contributed by atoms with Crippen molar-refractivity contribution in [2.45, 2.75) is 59.4 Å². The van der Waals surface area contributed by atoms with Gasteiger partial charge in [-0.2, -0.15) is 0 Å². The van der Waals surface area contributed by atoms with E-state index in [4.69, 9.17) is 0 Å². The van der Waals surface area contributed by atoms with E-state index < -0.39 is 0 Å². The molecule has 5 nitrogen and oxygen atoms in total. The second-order valence-corrected chi connectivity index (χ2v) is 8.02. The zero-order valence-electron chi connectivity index (χ0n) is 16.9. The van der Waals surface area contributed by atoms with Crippen molar-refractivity contribution in [3.63, 3.8) is 0 Å². The summed E-state index contributed by atoms with van der Waals surface area (Å²) in [5.74, 6) is 0.755. The Labute approximate surface area is 158 Å². The van der Waals surface area contributed by atoms with E-state index in [1.165, 1.54) is 0 Å². The summed E-state index contributed by atoms with van der Waals surface area (Å²) < 4.78 is 2.05. The van der Waals surface area contributed by atoms with Crippen LogP contribution in [0.2, 0.25) is 0 Å². The van der Waals surface area contributed by atoms with Crippen molar-refractivity contribution in [3.05, 3.63) is 24.0 Å². The molecule has 1 aromatic rings. The van der Waals surface area contributed by atoms with Crippen LogP contribution in [-0.2, 0) is 23.2 Å². The number of aromatic nitrogens is 1. The van der Waals surface area contributed by atoms with Crippen molar-refractivity contribution >= 4 is 11.8 Å². The summed E-state index contributed by atoms with van der Waals surface area (Å²) in [6.45, 7) is 8.49. The maximum atomic E-state index is 13.0. The van der Waals surface area contributed by atoms with Crippen molar-refractivity contribution in [1.82, 2.24) is 14.4 Å². The lowest BCUT2D eigenvalue weighted by atomic mass is 10.1. The first-order valence-electron chi connectivity index (χ1n) is 10.1. The highest BCUT2D eigenvalue weighted by molar-refractivity contribution is 5.86. The van der Waals surface area contributed by atoms with Crippen LogP contribution < -0.4 is 0 Å². The van der Waals surface area contributed by atoms with Gasteiger partial charge in [0.15, 0.2) is 0 Å². The largest absolute Gasteiger partial charge is 0.353 e. The molecule has 2 rings (SSSR count). The first kappa shape index (κ1) is 20.5. The summed E-state index contributed by atoms with van der Waals surface area (Å²) in [6.07, 6.45) is 7.11. The first-order valence-corrected chi connectivity index (χ1v) is 10.1. The molecule has 1 aromatic heterocycles. The molecule has 5 heteroatoms. The van der Waals surface area contributed by atoms with Gasteiger partial charge in [-0.05, 0) is 37.3 Å². The first-order chi connectivity index (χ1) is 12.4. The zero-order chi connectivity index (χ0) is 19.1. The van der Waals surface area contributed by atoms with Gasteiger partial charge in [0.25, 0.3) is 0 Å². The molecule has 26 heavy (non-hydrogen) atoms. The van der Waals surface area contributed by atoms with Gasteiger partial charge >= 0.3 is 0 Å². The van der Waals surface area contributed by atoms with Crippen LogP contribution in [0.5, 0.6) is 0 Å². The quantitative estimate of drug-likeness (QED) is 0.676. The maximum Gasteiger partial charge on any atom is 0.242 e. The van der Waals surface area contributed by atoms with Crippen molar-refractivity contribution in [2.75, 3.05) is 19.6 Å². The molecule has 0 aliphatic heterocycles. The minimum Gasteiger partial charge on any atom is -0.353 e. The highest BCUT2D eigenvalue weighted by Gasteiger charge is 2.29. The fourth-order valence-corrected chi connectivity index (χ4v) is 3.78. The molecule has 1 heterocycles. The van der Waals surface area contributed by atoms with Gasteiger partial charge < -0.3 is 14.4 Å². The van der Waals surface area contributed by atoms with E-state index >= 15 is 0 Å². The third-order valence-corrected chi connectivity index (χ3v) is 5.18. The molecule has 1 aliphatic rings. The lowest BCUT2D eigenvalue weighted by Crippen LogP contribution is -2.45. The second kappa shape index (κ2) is 9.79. The summed E-state index contributed by atoms with van der Waals surface area (Å²) in [6, 6.07) is 4.05. The van der Waals surface area contributed by atoms with Gasteiger partial charge in [0.1, 0.15) is 0 Å². The molecule has 0 aromatic carbocycles. The fourth-order valence-electron chi connectivity index (χ4n) is 3.78. The monoisotopic (exact) mass is 361 g/mol. The van der Waals surface area contributed by atoms with Gasteiger partial charge in [0.05, 0.1) is 13.1 Å². The number of carbonyl (C=O) groups excluding carboxylic acids is 2. The SMILES string of the molecule is CCCN(CC(=O)N(Cc1cccn1C)CC(C)C)C(=O)C1CCCC1. The van der Waals surface area contributed by atoms with Gasteiger partial charge in [-0.3, -0.25) is 9.59 Å². The average molecular weight is 362 g/mol. The molecule has 0 saturated heterocycles. The van der Waals surface area contributed by atoms with Gasteiger partial charge in [-0.25, -0.2) is 0 Å². The summed E-state index contributed by atoms with van der Waals surface area (Å²) in [5.41, 5.74) is 1.11. The molecule has 1 aliphatic carbocycles. The number of amides is 2. The summed E-state index contributed by atoms with van der Waals surface area (Å²) in [7, 11) is 2.00. The Kier molecular flexibility index (Phi) is 7.73. The van der Waals surface area contributed by atoms with Crippen LogP contribution in [0.3, 0.4) is 0 Å². The molecule has 146 valence electrons. The fraction of sp³-hybridized carbons (Fsp3) is 0.714. The minimum atomic E-state index is 0.0553. The van der Waals surface area contributed by atoms with Crippen molar-refractivity contribution < 1.29 is 9.59 Å². The Morgan fingerprint density at radius 2 is 1.92 bits per heavy atom. The van der Waals surface area contributed by atoms with E-state index in [-0.39, 0.29) is 24.3 Å². The van der Waals surface area contributed by atoms with Crippen LogP contribution in [0.4, 0.5) is 0 Å². The molecule has 0 atom stereocenters. The second-order valence-electron chi connectivity index (χ2n) is 8.02. The van der Waals surface area contributed by atoms with Gasteiger partial charge in [0.2, 0.25) is 11.8 Å². The maximum absolute atomic E-state index is 13.0. The Morgan fingerprint density at radius 1 is 1.23 bits per heavy atom. The molecule has 0 bridgehead atoms. The third-order valence-electron chi connectivity index (χ3n) is 5.18. The lowest BCUT2D eigenvalue weighted by Gasteiger charge is -2.30. The Morgan fingerprint density at radius 3 is 2.46 bits per heavy atom. The molecule has 0 spiro atoms. The van der Waals surface area contributed by atoms with E-state index in [1.807, 2.05) is 34.8 Å². The Balaban J connectivity index is 2.06. The van der Waals surface area contributed by atoms with Crippen LogP contribution in [-0.4, -0.2) is 45.8 Å². The van der Waals surface area contributed by atoms with Gasteiger partial charge in [-0.1, -0.05) is 33.6 Å². The molecule has 0 N–H and O–H groups in total. The van der Waals surface area contributed by atoms with E-state index in [0.29, 0.717) is 25.6 Å². The Hall–Kier alpha value is -1.78. The molecule has 0 unspecified atom stereocenters. The summed E-state index contributed by atoms with van der Waals surface area (Å²) in [5, 5.41) is 0. The summed E-state index contributed by atoms with van der Waals surface area (Å²) >= 11 is 0.